The van der Waals surface area contributed by atoms with E-state index in [-0.39, 0.29) is 18.9 Å². The van der Waals surface area contributed by atoms with Crippen LogP contribution in [0.5, 0.6) is 17.2 Å². The van der Waals surface area contributed by atoms with Crippen LogP contribution in [-0.2, 0) is 24.4 Å². The van der Waals surface area contributed by atoms with Crippen molar-refractivity contribution in [3.63, 3.8) is 0 Å². The van der Waals surface area contributed by atoms with Crippen LogP contribution in [0.25, 0.3) is 10.8 Å². The maximum atomic E-state index is 12.5. The second-order valence-corrected chi connectivity index (χ2v) is 10.3. The van der Waals surface area contributed by atoms with Crippen LogP contribution in [-0.4, -0.2) is 19.2 Å². The molecule has 0 bridgehead atoms. The number of hydrogen-bond donors (Lipinski definition) is 1. The van der Waals surface area contributed by atoms with Gasteiger partial charge >= 0.3 is 0 Å². The molecule has 5 aromatic rings. The van der Waals surface area contributed by atoms with Gasteiger partial charge in [-0.2, -0.15) is 5.10 Å². The van der Waals surface area contributed by atoms with Gasteiger partial charge in [-0.3, -0.25) is 4.79 Å². The summed E-state index contributed by atoms with van der Waals surface area (Å²) in [7, 11) is 1.59. The molecule has 0 aliphatic rings. The van der Waals surface area contributed by atoms with E-state index >= 15 is 0 Å². The van der Waals surface area contributed by atoms with Gasteiger partial charge in [0.15, 0.2) is 17.2 Å². The van der Waals surface area contributed by atoms with E-state index in [9.17, 15) is 4.79 Å². The second kappa shape index (κ2) is 13.9. The Kier molecular flexibility index (Phi) is 9.59. The Balaban J connectivity index is 1.17. The molecule has 5 rings (SSSR count). The predicted molar refractivity (Wildman–Crippen MR) is 168 cm³/mol. The predicted octanol–water partition coefficient (Wildman–Crippen LogP) is 8.01. The molecule has 0 atom stereocenters. The van der Waals surface area contributed by atoms with Gasteiger partial charge in [-0.15, -0.1) is 0 Å². The number of hydrogen-bond acceptors (Lipinski definition) is 5. The fourth-order valence-corrected chi connectivity index (χ4v) is 5.05. The highest BCUT2D eigenvalue weighted by atomic mass is 35.5. The summed E-state index contributed by atoms with van der Waals surface area (Å²) in [6, 6.07) is 32.7. The van der Waals surface area contributed by atoms with Gasteiger partial charge in [0, 0.05) is 0 Å². The molecule has 8 heteroatoms. The third-order valence-corrected chi connectivity index (χ3v) is 7.06. The van der Waals surface area contributed by atoms with Gasteiger partial charge in [-0.1, -0.05) is 102 Å². The van der Waals surface area contributed by atoms with Crippen molar-refractivity contribution in [2.45, 2.75) is 19.6 Å². The highest BCUT2D eigenvalue weighted by Crippen LogP contribution is 2.35. The highest BCUT2D eigenvalue weighted by Gasteiger charge is 2.12. The molecule has 1 N–H and O–H groups in total. The maximum absolute atomic E-state index is 12.5. The lowest BCUT2D eigenvalue weighted by atomic mass is 10.0. The minimum absolute atomic E-state index is 0.206. The maximum Gasteiger partial charge on any atom is 0.244 e. The lowest BCUT2D eigenvalue weighted by Crippen LogP contribution is -2.19. The Bertz CT molecular complexity index is 1700. The summed E-state index contributed by atoms with van der Waals surface area (Å²) in [5.74, 6) is 1.35. The summed E-state index contributed by atoms with van der Waals surface area (Å²) in [6.07, 6.45) is 1.69. The van der Waals surface area contributed by atoms with Gasteiger partial charge in [-0.25, -0.2) is 5.43 Å². The van der Waals surface area contributed by atoms with Crippen molar-refractivity contribution in [3.05, 3.63) is 135 Å². The number of benzene rings is 5. The van der Waals surface area contributed by atoms with E-state index in [0.29, 0.717) is 39.5 Å². The van der Waals surface area contributed by atoms with Crippen molar-refractivity contribution in [1.82, 2.24) is 5.43 Å². The average molecular weight is 600 g/mol. The van der Waals surface area contributed by atoms with Crippen LogP contribution in [0, 0.1) is 0 Å². The van der Waals surface area contributed by atoms with E-state index < -0.39 is 0 Å². The van der Waals surface area contributed by atoms with Crippen LogP contribution in [0.15, 0.2) is 108 Å². The summed E-state index contributed by atoms with van der Waals surface area (Å²) in [6.45, 7) is 0.647. The van der Waals surface area contributed by atoms with E-state index in [1.54, 1.807) is 19.2 Å². The fourth-order valence-electron chi connectivity index (χ4n) is 4.44. The zero-order valence-corrected chi connectivity index (χ0v) is 24.4. The zero-order valence-electron chi connectivity index (χ0n) is 22.8. The number of nitrogens with one attached hydrogen (secondary N) is 1. The topological polar surface area (TPSA) is 69.2 Å². The largest absolute Gasteiger partial charge is 0.493 e. The minimum Gasteiger partial charge on any atom is -0.493 e. The molecule has 5 aromatic carbocycles. The van der Waals surface area contributed by atoms with Crippen molar-refractivity contribution < 1.29 is 19.0 Å². The van der Waals surface area contributed by atoms with Crippen molar-refractivity contribution in [2.75, 3.05) is 7.11 Å². The average Bonchev–Trinajstić information content (AvgIpc) is 3.00. The van der Waals surface area contributed by atoms with Crippen molar-refractivity contribution in [3.8, 4) is 17.2 Å². The number of halogens is 2. The lowest BCUT2D eigenvalue weighted by Gasteiger charge is -2.14. The molecule has 0 radical (unpaired) electrons. The Morgan fingerprint density at radius 3 is 2.29 bits per heavy atom. The first-order chi connectivity index (χ1) is 20.5. The molecule has 0 saturated carbocycles. The Morgan fingerprint density at radius 2 is 1.50 bits per heavy atom. The number of fused-ring (bicyclic) bond motifs is 1. The minimum atomic E-state index is -0.230. The van der Waals surface area contributed by atoms with Crippen LogP contribution < -0.4 is 19.6 Å². The number of hydrazone groups is 1. The molecule has 6 nitrogen and oxygen atoms in total. The van der Waals surface area contributed by atoms with Gasteiger partial charge in [0.25, 0.3) is 0 Å². The number of ether oxygens (including phenoxy) is 3. The second-order valence-electron chi connectivity index (χ2n) is 9.47. The molecule has 212 valence electrons. The molecular formula is C34H28Cl2N2O4. The number of carbonyl (C=O) groups excluding carboxylic acids is 1. The first-order valence-electron chi connectivity index (χ1n) is 13.2. The molecule has 42 heavy (non-hydrogen) atoms. The number of nitrogens with zero attached hydrogens (tertiary/aromatic N) is 1. The van der Waals surface area contributed by atoms with Crippen molar-refractivity contribution in [1.29, 1.82) is 0 Å². The van der Waals surface area contributed by atoms with Crippen LogP contribution in [0.1, 0.15) is 22.3 Å². The van der Waals surface area contributed by atoms with Crippen molar-refractivity contribution in [2.24, 2.45) is 5.10 Å². The first kappa shape index (κ1) is 29.0. The summed E-state index contributed by atoms with van der Waals surface area (Å²) < 4.78 is 17.4. The lowest BCUT2D eigenvalue weighted by molar-refractivity contribution is -0.120. The molecule has 0 aliphatic heterocycles. The van der Waals surface area contributed by atoms with Crippen molar-refractivity contribution >= 4 is 46.1 Å². The van der Waals surface area contributed by atoms with E-state index in [4.69, 9.17) is 37.4 Å². The first-order valence-corrected chi connectivity index (χ1v) is 14.0. The zero-order chi connectivity index (χ0) is 29.3. The molecule has 0 fully saturated rings. The third kappa shape index (κ3) is 7.40. The van der Waals surface area contributed by atoms with E-state index in [1.807, 2.05) is 91.0 Å². The summed E-state index contributed by atoms with van der Waals surface area (Å²) >= 11 is 13.0. The normalized spacial score (nSPS) is 11.0. The third-order valence-electron chi connectivity index (χ3n) is 6.50. The van der Waals surface area contributed by atoms with E-state index in [2.05, 4.69) is 10.5 Å². The van der Waals surface area contributed by atoms with Gasteiger partial charge in [0.2, 0.25) is 5.91 Å². The SMILES string of the molecule is COc1cc(COc2c(Cl)cc(/C=N/NC(=O)Cc3cccc4ccccc34)cc2Cl)ccc1OCc1ccccc1. The standard InChI is InChI=1S/C34H28Cl2N2O4/c1-40-32-18-24(14-15-31(32)41-21-23-8-3-2-4-9-23)22-42-34-29(35)16-25(17-30(34)36)20-37-38-33(39)19-27-12-7-11-26-10-5-6-13-28(26)27/h2-18,20H,19,21-22H2,1H3,(H,38,39)/b37-20+. The molecule has 0 heterocycles. The van der Waals surface area contributed by atoms with Gasteiger partial charge in [0.1, 0.15) is 13.2 Å². The number of carbonyl (C=O) groups is 1. The van der Waals surface area contributed by atoms with Crippen LogP contribution >= 0.6 is 23.2 Å². The summed E-state index contributed by atoms with van der Waals surface area (Å²) in [4.78, 5) is 12.5. The Morgan fingerprint density at radius 1 is 0.786 bits per heavy atom. The fraction of sp³-hybridized carbons (Fsp3) is 0.118. The van der Waals surface area contributed by atoms with Crippen LogP contribution in [0.3, 0.4) is 0 Å². The van der Waals surface area contributed by atoms with E-state index in [1.165, 1.54) is 6.21 Å². The molecule has 0 spiro atoms. The van der Waals surface area contributed by atoms with Gasteiger partial charge < -0.3 is 14.2 Å². The molecule has 0 aliphatic carbocycles. The summed E-state index contributed by atoms with van der Waals surface area (Å²) in [5.41, 5.74) is 6.03. The molecule has 0 unspecified atom stereocenters. The molecule has 1 amide bonds. The molecular weight excluding hydrogens is 571 g/mol. The highest BCUT2D eigenvalue weighted by molar-refractivity contribution is 6.37. The number of methoxy groups -OCH3 is 1. The van der Waals surface area contributed by atoms with Crippen LogP contribution in [0.2, 0.25) is 10.0 Å². The summed E-state index contributed by atoms with van der Waals surface area (Å²) in [5, 5.41) is 6.84. The Hall–Kier alpha value is -4.52. The molecule has 0 aromatic heterocycles. The number of amides is 1. The van der Waals surface area contributed by atoms with Gasteiger partial charge in [-0.05, 0) is 57.3 Å². The smallest absolute Gasteiger partial charge is 0.244 e. The van der Waals surface area contributed by atoms with Gasteiger partial charge in [0.05, 0.1) is 29.8 Å². The monoisotopic (exact) mass is 598 g/mol. The van der Waals surface area contributed by atoms with Crippen LogP contribution in [0.4, 0.5) is 0 Å². The quantitative estimate of drug-likeness (QED) is 0.123. The van der Waals surface area contributed by atoms with E-state index in [0.717, 1.165) is 27.5 Å². The molecule has 0 saturated heterocycles. The number of rotatable bonds is 11. The Labute approximate surface area is 254 Å².